The van der Waals surface area contributed by atoms with Crippen LogP contribution in [0.25, 0.3) is 0 Å². The molecule has 1 aromatic carbocycles. The molecule has 4 heteroatoms. The van der Waals surface area contributed by atoms with Gasteiger partial charge in [-0.1, -0.05) is 15.9 Å². The van der Waals surface area contributed by atoms with Gasteiger partial charge in [-0.25, -0.2) is 0 Å². The van der Waals surface area contributed by atoms with Crippen molar-refractivity contribution in [3.63, 3.8) is 0 Å². The van der Waals surface area contributed by atoms with Gasteiger partial charge in [0.25, 0.3) is 0 Å². The van der Waals surface area contributed by atoms with Crippen molar-refractivity contribution in [2.24, 2.45) is 0 Å². The van der Waals surface area contributed by atoms with Crippen molar-refractivity contribution in [1.29, 1.82) is 0 Å². The third-order valence-corrected chi connectivity index (χ3v) is 3.29. The third-order valence-electron chi connectivity index (χ3n) is 1.87. The molecule has 0 aliphatic carbocycles. The highest BCUT2D eigenvalue weighted by molar-refractivity contribution is 9.10. The van der Waals surface area contributed by atoms with Crippen LogP contribution >= 0.6 is 27.5 Å². The van der Waals surface area contributed by atoms with E-state index in [0.29, 0.717) is 12.2 Å². The standard InChI is InChI=1S/C11H12BrClO2/c1-2-15-9-5-3-8(4-6-9)11(14)10(12)7-13/h3-6,10H,2,7H2,1H3. The molecule has 0 bridgehead atoms. The summed E-state index contributed by atoms with van der Waals surface area (Å²) in [6.07, 6.45) is 0. The van der Waals surface area contributed by atoms with Gasteiger partial charge < -0.3 is 4.74 Å². The van der Waals surface area contributed by atoms with Crippen molar-refractivity contribution in [1.82, 2.24) is 0 Å². The molecule has 0 fully saturated rings. The molecule has 2 nitrogen and oxygen atoms in total. The first-order chi connectivity index (χ1) is 7.19. The number of hydrogen-bond donors (Lipinski definition) is 0. The minimum Gasteiger partial charge on any atom is -0.494 e. The fourth-order valence-corrected chi connectivity index (χ4v) is 1.54. The Morgan fingerprint density at radius 2 is 2.07 bits per heavy atom. The molecule has 1 aromatic rings. The Labute approximate surface area is 103 Å². The van der Waals surface area contributed by atoms with Gasteiger partial charge in [-0.15, -0.1) is 11.6 Å². The van der Waals surface area contributed by atoms with E-state index in [-0.39, 0.29) is 16.5 Å². The Kier molecular flexibility index (Phi) is 5.12. The van der Waals surface area contributed by atoms with E-state index in [0.717, 1.165) is 5.75 Å². The molecule has 82 valence electrons. The van der Waals surface area contributed by atoms with Crippen molar-refractivity contribution < 1.29 is 9.53 Å². The van der Waals surface area contributed by atoms with Crippen LogP contribution in [0.4, 0.5) is 0 Å². The van der Waals surface area contributed by atoms with E-state index in [4.69, 9.17) is 16.3 Å². The van der Waals surface area contributed by atoms with Gasteiger partial charge in [-0.2, -0.15) is 0 Å². The van der Waals surface area contributed by atoms with Crippen molar-refractivity contribution in [2.45, 2.75) is 11.8 Å². The van der Waals surface area contributed by atoms with E-state index in [1.54, 1.807) is 24.3 Å². The molecule has 1 atom stereocenters. The van der Waals surface area contributed by atoms with Crippen LogP contribution in [0, 0.1) is 0 Å². The first-order valence-electron chi connectivity index (χ1n) is 4.66. The smallest absolute Gasteiger partial charge is 0.177 e. The molecular weight excluding hydrogens is 279 g/mol. The van der Waals surface area contributed by atoms with Gasteiger partial charge in [0, 0.05) is 11.4 Å². The molecule has 0 saturated heterocycles. The van der Waals surface area contributed by atoms with Gasteiger partial charge in [0.15, 0.2) is 5.78 Å². The Balaban J connectivity index is 2.75. The lowest BCUT2D eigenvalue weighted by atomic mass is 10.1. The van der Waals surface area contributed by atoms with E-state index >= 15 is 0 Å². The predicted molar refractivity (Wildman–Crippen MR) is 65.4 cm³/mol. The number of ether oxygens (including phenoxy) is 1. The number of ketones is 1. The minimum absolute atomic E-state index is 0.00644. The molecule has 0 saturated carbocycles. The summed E-state index contributed by atoms with van der Waals surface area (Å²) in [5.41, 5.74) is 0.640. The van der Waals surface area contributed by atoms with E-state index in [2.05, 4.69) is 15.9 Å². The van der Waals surface area contributed by atoms with Crippen LogP contribution < -0.4 is 4.74 Å². The highest BCUT2D eigenvalue weighted by Gasteiger charge is 2.15. The molecule has 1 unspecified atom stereocenters. The molecule has 0 heterocycles. The zero-order valence-corrected chi connectivity index (χ0v) is 10.7. The largest absolute Gasteiger partial charge is 0.494 e. The summed E-state index contributed by atoms with van der Waals surface area (Å²) in [6, 6.07) is 7.05. The van der Waals surface area contributed by atoms with Crippen molar-refractivity contribution in [2.75, 3.05) is 12.5 Å². The molecule has 0 aromatic heterocycles. The van der Waals surface area contributed by atoms with Gasteiger partial charge >= 0.3 is 0 Å². The number of benzene rings is 1. The lowest BCUT2D eigenvalue weighted by molar-refractivity contribution is 0.0997. The number of rotatable bonds is 5. The van der Waals surface area contributed by atoms with Crippen molar-refractivity contribution >= 4 is 33.3 Å². The van der Waals surface area contributed by atoms with Crippen molar-refractivity contribution in [3.8, 4) is 5.75 Å². The first-order valence-corrected chi connectivity index (χ1v) is 6.11. The summed E-state index contributed by atoms with van der Waals surface area (Å²) < 4.78 is 5.28. The summed E-state index contributed by atoms with van der Waals surface area (Å²) in [6.45, 7) is 2.54. The van der Waals surface area contributed by atoms with Gasteiger partial charge in [-0.3, -0.25) is 4.79 Å². The lowest BCUT2D eigenvalue weighted by Gasteiger charge is -2.06. The normalized spacial score (nSPS) is 12.2. The Morgan fingerprint density at radius 1 is 1.47 bits per heavy atom. The third kappa shape index (κ3) is 3.50. The molecule has 0 N–H and O–H groups in total. The fraction of sp³-hybridized carbons (Fsp3) is 0.364. The number of Topliss-reactive ketones (excluding diaryl/α,β-unsaturated/α-hetero) is 1. The number of carbonyl (C=O) groups excluding carboxylic acids is 1. The van der Waals surface area contributed by atoms with Crippen LogP contribution in [0.5, 0.6) is 5.75 Å². The zero-order valence-electron chi connectivity index (χ0n) is 8.37. The monoisotopic (exact) mass is 290 g/mol. The average molecular weight is 292 g/mol. The van der Waals surface area contributed by atoms with Crippen LogP contribution in [-0.2, 0) is 0 Å². The maximum Gasteiger partial charge on any atom is 0.177 e. The second kappa shape index (κ2) is 6.13. The fourth-order valence-electron chi connectivity index (χ4n) is 1.13. The Morgan fingerprint density at radius 3 is 2.53 bits per heavy atom. The van der Waals surface area contributed by atoms with Crippen molar-refractivity contribution in [3.05, 3.63) is 29.8 Å². The Hall–Kier alpha value is -0.540. The van der Waals surface area contributed by atoms with E-state index < -0.39 is 0 Å². The average Bonchev–Trinajstić information content (AvgIpc) is 2.28. The number of hydrogen-bond acceptors (Lipinski definition) is 2. The predicted octanol–water partition coefficient (Wildman–Crippen LogP) is 3.27. The molecule has 0 radical (unpaired) electrons. The van der Waals surface area contributed by atoms with Crippen LogP contribution in [0.1, 0.15) is 17.3 Å². The van der Waals surface area contributed by atoms with E-state index in [1.807, 2.05) is 6.92 Å². The molecule has 15 heavy (non-hydrogen) atoms. The quantitative estimate of drug-likeness (QED) is 0.615. The summed E-state index contributed by atoms with van der Waals surface area (Å²) in [7, 11) is 0. The number of carbonyl (C=O) groups is 1. The Bertz CT molecular complexity index is 324. The molecule has 0 spiro atoms. The molecular formula is C11H12BrClO2. The SMILES string of the molecule is CCOc1ccc(C(=O)C(Br)CCl)cc1. The first kappa shape index (κ1) is 12.5. The van der Waals surface area contributed by atoms with Crippen LogP contribution in [0.3, 0.4) is 0 Å². The van der Waals surface area contributed by atoms with Gasteiger partial charge in [-0.05, 0) is 31.2 Å². The van der Waals surface area contributed by atoms with Gasteiger partial charge in [0.05, 0.1) is 11.4 Å². The highest BCUT2D eigenvalue weighted by atomic mass is 79.9. The van der Waals surface area contributed by atoms with Crippen LogP contribution in [0.2, 0.25) is 0 Å². The summed E-state index contributed by atoms with van der Waals surface area (Å²) in [5.74, 6) is 1.03. The van der Waals surface area contributed by atoms with E-state index in [9.17, 15) is 4.79 Å². The maximum absolute atomic E-state index is 11.7. The lowest BCUT2D eigenvalue weighted by Crippen LogP contribution is -2.15. The highest BCUT2D eigenvalue weighted by Crippen LogP contribution is 2.16. The second-order valence-corrected chi connectivity index (χ2v) is 4.36. The molecule has 0 aliphatic heterocycles. The molecule has 1 rings (SSSR count). The maximum atomic E-state index is 11.7. The number of alkyl halides is 2. The minimum atomic E-state index is -0.322. The molecule has 0 amide bonds. The second-order valence-electron chi connectivity index (χ2n) is 2.94. The molecule has 0 aliphatic rings. The summed E-state index contributed by atoms with van der Waals surface area (Å²) in [4.78, 5) is 11.4. The van der Waals surface area contributed by atoms with Crippen LogP contribution in [-0.4, -0.2) is 23.1 Å². The van der Waals surface area contributed by atoms with Gasteiger partial charge in [0.1, 0.15) is 5.75 Å². The van der Waals surface area contributed by atoms with E-state index in [1.165, 1.54) is 0 Å². The topological polar surface area (TPSA) is 26.3 Å². The summed E-state index contributed by atoms with van der Waals surface area (Å²) in [5, 5.41) is 0. The number of halogens is 2. The van der Waals surface area contributed by atoms with Gasteiger partial charge in [0.2, 0.25) is 0 Å². The summed E-state index contributed by atoms with van der Waals surface area (Å²) >= 11 is 8.80. The zero-order chi connectivity index (χ0) is 11.3. The van der Waals surface area contributed by atoms with Crippen LogP contribution in [0.15, 0.2) is 24.3 Å².